The lowest BCUT2D eigenvalue weighted by Gasteiger charge is -2.40. The molecule has 3 fully saturated rings. The van der Waals surface area contributed by atoms with Crippen LogP contribution in [0.1, 0.15) is 63.4 Å². The molecule has 2 aliphatic carbocycles. The summed E-state index contributed by atoms with van der Waals surface area (Å²) in [5.41, 5.74) is 0.241. The number of carbonyl (C=O) groups excluding carboxylic acids is 1. The van der Waals surface area contributed by atoms with E-state index in [2.05, 4.69) is 5.32 Å². The number of non-ortho nitro benzene ring substituents is 1. The monoisotopic (exact) mass is 463 g/mol. The number of fused-ring (bicyclic) bond motifs is 1. The number of rotatable bonds is 5. The van der Waals surface area contributed by atoms with Crippen molar-refractivity contribution in [2.45, 2.75) is 75.6 Å². The summed E-state index contributed by atoms with van der Waals surface area (Å²) in [6.45, 7) is 2.13. The maximum absolute atomic E-state index is 13.1. The van der Waals surface area contributed by atoms with Crippen LogP contribution in [0.2, 0.25) is 0 Å². The summed E-state index contributed by atoms with van der Waals surface area (Å²) in [7, 11) is -3.84. The van der Waals surface area contributed by atoms with Crippen molar-refractivity contribution in [1.82, 2.24) is 9.62 Å². The number of nitrogens with one attached hydrogen (secondary N) is 1. The average molecular weight is 464 g/mol. The Morgan fingerprint density at radius 1 is 1.06 bits per heavy atom. The number of amides is 1. The second-order valence-corrected chi connectivity index (χ2v) is 11.6. The summed E-state index contributed by atoms with van der Waals surface area (Å²) in [5.74, 6) is 1.44. The number of carbonyl (C=O) groups is 1. The van der Waals surface area contributed by atoms with E-state index in [1.54, 1.807) is 6.92 Å². The van der Waals surface area contributed by atoms with Crippen LogP contribution < -0.4 is 5.32 Å². The van der Waals surface area contributed by atoms with Crippen molar-refractivity contribution < 1.29 is 18.1 Å². The molecule has 2 saturated carbocycles. The van der Waals surface area contributed by atoms with E-state index in [0.29, 0.717) is 18.4 Å². The third-order valence-corrected chi connectivity index (χ3v) is 9.75. The second kappa shape index (κ2) is 9.47. The molecule has 1 heterocycles. The van der Waals surface area contributed by atoms with Crippen molar-refractivity contribution in [3.05, 3.63) is 33.9 Å². The van der Waals surface area contributed by atoms with Crippen LogP contribution in [0.15, 0.2) is 23.1 Å². The van der Waals surface area contributed by atoms with E-state index in [0.717, 1.165) is 30.7 Å². The Morgan fingerprint density at radius 3 is 2.44 bits per heavy atom. The summed E-state index contributed by atoms with van der Waals surface area (Å²) >= 11 is 0. The van der Waals surface area contributed by atoms with E-state index >= 15 is 0 Å². The first-order valence-corrected chi connectivity index (χ1v) is 13.3. The van der Waals surface area contributed by atoms with Crippen LogP contribution in [0.5, 0.6) is 0 Å². The molecule has 1 aromatic carbocycles. The Balaban J connectivity index is 1.34. The zero-order valence-electron chi connectivity index (χ0n) is 18.7. The molecule has 9 heteroatoms. The molecule has 8 nitrogen and oxygen atoms in total. The van der Waals surface area contributed by atoms with Crippen LogP contribution in [-0.4, -0.2) is 42.7 Å². The van der Waals surface area contributed by atoms with E-state index in [1.807, 2.05) is 0 Å². The SMILES string of the molecule is Cc1ccc([N+](=O)[O-])cc1S(=O)(=O)N1CCC(C(=O)N[C@@H]2CC[C@@H]3CCCC[C@H]3C2)CC1. The fraction of sp³-hybridized carbons (Fsp3) is 0.696. The van der Waals surface area contributed by atoms with E-state index in [1.165, 1.54) is 48.5 Å². The molecule has 3 aliphatic rings. The first kappa shape index (κ1) is 23.2. The van der Waals surface area contributed by atoms with E-state index in [9.17, 15) is 23.3 Å². The molecular formula is C23H33N3O5S. The van der Waals surface area contributed by atoms with Crippen molar-refractivity contribution in [3.63, 3.8) is 0 Å². The average Bonchev–Trinajstić information content (AvgIpc) is 2.79. The highest BCUT2D eigenvalue weighted by molar-refractivity contribution is 7.89. The van der Waals surface area contributed by atoms with Crippen LogP contribution in [0, 0.1) is 34.8 Å². The molecule has 1 amide bonds. The van der Waals surface area contributed by atoms with Crippen LogP contribution in [0.3, 0.4) is 0 Å². The third-order valence-electron chi connectivity index (χ3n) is 7.71. The van der Waals surface area contributed by atoms with Crippen molar-refractivity contribution in [2.24, 2.45) is 17.8 Å². The van der Waals surface area contributed by atoms with Gasteiger partial charge in [-0.05, 0) is 56.4 Å². The van der Waals surface area contributed by atoms with Gasteiger partial charge in [-0.25, -0.2) is 8.42 Å². The fourth-order valence-corrected chi connectivity index (χ4v) is 7.52. The van der Waals surface area contributed by atoms with E-state index < -0.39 is 14.9 Å². The minimum absolute atomic E-state index is 0.0288. The van der Waals surface area contributed by atoms with Gasteiger partial charge in [0.15, 0.2) is 0 Å². The van der Waals surface area contributed by atoms with E-state index in [-0.39, 0.29) is 41.5 Å². The van der Waals surface area contributed by atoms with Gasteiger partial charge in [-0.1, -0.05) is 31.7 Å². The van der Waals surface area contributed by atoms with Gasteiger partial charge in [-0.2, -0.15) is 4.31 Å². The zero-order chi connectivity index (χ0) is 22.9. The molecule has 0 radical (unpaired) electrons. The molecule has 1 N–H and O–H groups in total. The van der Waals surface area contributed by atoms with Gasteiger partial charge >= 0.3 is 0 Å². The maximum Gasteiger partial charge on any atom is 0.270 e. The Bertz CT molecular complexity index is 972. The highest BCUT2D eigenvalue weighted by Crippen LogP contribution is 2.40. The van der Waals surface area contributed by atoms with Crippen molar-refractivity contribution in [3.8, 4) is 0 Å². The second-order valence-electron chi connectivity index (χ2n) is 9.71. The Morgan fingerprint density at radius 2 is 1.75 bits per heavy atom. The van der Waals surface area contributed by atoms with Gasteiger partial charge in [0, 0.05) is 37.2 Å². The molecule has 0 aromatic heterocycles. The Hall–Kier alpha value is -2.00. The molecule has 0 unspecified atom stereocenters. The molecular weight excluding hydrogens is 430 g/mol. The van der Waals surface area contributed by atoms with Crippen molar-refractivity contribution in [1.29, 1.82) is 0 Å². The largest absolute Gasteiger partial charge is 0.353 e. The minimum atomic E-state index is -3.84. The Kier molecular flexibility index (Phi) is 6.86. The summed E-state index contributed by atoms with van der Waals surface area (Å²) in [6, 6.07) is 4.15. The van der Waals surface area contributed by atoms with E-state index in [4.69, 9.17) is 0 Å². The lowest BCUT2D eigenvalue weighted by molar-refractivity contribution is -0.385. The summed E-state index contributed by atoms with van der Waals surface area (Å²) in [4.78, 5) is 23.3. The number of sulfonamides is 1. The first-order chi connectivity index (χ1) is 15.3. The smallest absolute Gasteiger partial charge is 0.270 e. The molecule has 1 aromatic rings. The van der Waals surface area contributed by atoms with Gasteiger partial charge in [0.25, 0.3) is 5.69 Å². The highest BCUT2D eigenvalue weighted by atomic mass is 32.2. The summed E-state index contributed by atoms with van der Waals surface area (Å²) < 4.78 is 27.6. The fourth-order valence-electron chi connectivity index (χ4n) is 5.80. The van der Waals surface area contributed by atoms with Gasteiger partial charge in [-0.15, -0.1) is 0 Å². The first-order valence-electron chi connectivity index (χ1n) is 11.8. The molecule has 0 spiro atoms. The minimum Gasteiger partial charge on any atom is -0.353 e. The predicted octanol–water partition coefficient (Wildman–Crippen LogP) is 3.78. The van der Waals surface area contributed by atoms with Gasteiger partial charge in [0.2, 0.25) is 15.9 Å². The molecule has 32 heavy (non-hydrogen) atoms. The third kappa shape index (κ3) is 4.83. The number of aryl methyl sites for hydroxylation is 1. The van der Waals surface area contributed by atoms with Crippen LogP contribution in [0.25, 0.3) is 0 Å². The molecule has 4 rings (SSSR count). The number of nitro benzene ring substituents is 1. The van der Waals surface area contributed by atoms with Gasteiger partial charge in [0.1, 0.15) is 0 Å². The van der Waals surface area contributed by atoms with Crippen molar-refractivity contribution in [2.75, 3.05) is 13.1 Å². The number of piperidine rings is 1. The number of nitrogens with zero attached hydrogens (tertiary/aromatic N) is 2. The Labute approximate surface area is 190 Å². The van der Waals surface area contributed by atoms with Gasteiger partial charge < -0.3 is 5.32 Å². The van der Waals surface area contributed by atoms with Crippen molar-refractivity contribution >= 4 is 21.6 Å². The van der Waals surface area contributed by atoms with Crippen LogP contribution >= 0.6 is 0 Å². The normalized spacial score (nSPS) is 27.5. The van der Waals surface area contributed by atoms with Gasteiger partial charge in [-0.3, -0.25) is 14.9 Å². The number of benzene rings is 1. The molecule has 3 atom stereocenters. The maximum atomic E-state index is 13.1. The predicted molar refractivity (Wildman–Crippen MR) is 121 cm³/mol. The topological polar surface area (TPSA) is 110 Å². The number of hydrogen-bond acceptors (Lipinski definition) is 5. The molecule has 176 valence electrons. The van der Waals surface area contributed by atoms with Crippen LogP contribution in [0.4, 0.5) is 5.69 Å². The lowest BCUT2D eigenvalue weighted by atomic mass is 9.69. The summed E-state index contributed by atoms with van der Waals surface area (Å²) in [5, 5.41) is 14.3. The molecule has 1 saturated heterocycles. The lowest BCUT2D eigenvalue weighted by Crippen LogP contribution is -2.47. The van der Waals surface area contributed by atoms with Gasteiger partial charge in [0.05, 0.1) is 9.82 Å². The standard InChI is InChI=1S/C23H33N3O5S/c1-16-6-9-21(26(28)29)15-22(16)32(30,31)25-12-10-18(11-13-25)23(27)24-20-8-7-17-4-2-3-5-19(17)14-20/h6,9,15,17-20H,2-5,7-8,10-14H2,1H3,(H,24,27)/t17-,19-,20+/m0/s1. The zero-order valence-corrected chi connectivity index (χ0v) is 19.5. The van der Waals surface area contributed by atoms with Crippen LogP contribution in [-0.2, 0) is 14.8 Å². The number of hydrogen-bond donors (Lipinski definition) is 1. The molecule has 1 aliphatic heterocycles. The highest BCUT2D eigenvalue weighted by Gasteiger charge is 2.36. The molecule has 0 bridgehead atoms. The number of nitro groups is 1. The summed E-state index contributed by atoms with van der Waals surface area (Å²) in [6.07, 6.45) is 9.54. The quantitative estimate of drug-likeness (QED) is 0.528.